The molecule has 23 heavy (non-hydrogen) atoms. The van der Waals surface area contributed by atoms with Gasteiger partial charge in [0.1, 0.15) is 24.9 Å². The number of allylic oxidation sites excluding steroid dienone is 1. The fourth-order valence-corrected chi connectivity index (χ4v) is 2.49. The molecule has 0 fully saturated rings. The molecule has 1 aromatic carbocycles. The molecule has 8 heteroatoms. The van der Waals surface area contributed by atoms with Gasteiger partial charge in [-0.3, -0.25) is 9.83 Å². The van der Waals surface area contributed by atoms with Crippen LogP contribution in [0.1, 0.15) is 6.92 Å². The van der Waals surface area contributed by atoms with Crippen LogP contribution < -0.4 is 5.32 Å². The summed E-state index contributed by atoms with van der Waals surface area (Å²) in [4.78, 5) is 11.5. The van der Waals surface area contributed by atoms with Crippen LogP contribution in [0.3, 0.4) is 0 Å². The Morgan fingerprint density at radius 2 is 2.35 bits per heavy atom. The van der Waals surface area contributed by atoms with E-state index in [1.54, 1.807) is 42.7 Å². The largest absolute Gasteiger partial charge is 0.391 e. The van der Waals surface area contributed by atoms with Gasteiger partial charge < -0.3 is 15.3 Å². The molecule has 0 radical (unpaired) electrons. The molecule has 0 saturated heterocycles. The molecule has 122 valence electrons. The minimum absolute atomic E-state index is 0.197. The summed E-state index contributed by atoms with van der Waals surface area (Å²) in [5.74, 6) is 0.282. The molecule has 0 aliphatic carbocycles. The van der Waals surface area contributed by atoms with Gasteiger partial charge in [0.15, 0.2) is 0 Å². The topological polar surface area (TPSA) is 60.3 Å². The molecule has 2 N–H and O–H groups in total. The lowest BCUT2D eigenvalue weighted by Crippen LogP contribution is -2.32. The fourth-order valence-electron chi connectivity index (χ4n) is 2.16. The smallest absolute Gasteiger partial charge is 0.147 e. The summed E-state index contributed by atoms with van der Waals surface area (Å²) in [5.41, 5.74) is 1.18. The van der Waals surface area contributed by atoms with Crippen molar-refractivity contribution < 1.29 is 14.3 Å². The zero-order valence-electron chi connectivity index (χ0n) is 12.4. The third-order valence-corrected chi connectivity index (χ3v) is 3.73. The molecule has 0 aromatic heterocycles. The molecule has 1 atom stereocenters. The molecule has 0 bridgehead atoms. The van der Waals surface area contributed by atoms with Crippen LogP contribution in [0.15, 0.2) is 51.6 Å². The maximum atomic E-state index is 14.0. The number of hydrogen-bond donors (Lipinski definition) is 2. The van der Waals surface area contributed by atoms with E-state index in [0.29, 0.717) is 22.6 Å². The zero-order chi connectivity index (χ0) is 16.4. The highest BCUT2D eigenvalue weighted by Gasteiger charge is 2.26. The summed E-state index contributed by atoms with van der Waals surface area (Å²) in [5, 5.41) is 13.9. The molecule has 6 nitrogen and oxygen atoms in total. The van der Waals surface area contributed by atoms with E-state index >= 15 is 0 Å². The predicted octanol–water partition coefficient (Wildman–Crippen LogP) is 2.61. The Morgan fingerprint density at radius 3 is 3.09 bits per heavy atom. The average Bonchev–Trinajstić information content (AvgIpc) is 2.92. The van der Waals surface area contributed by atoms with Crippen molar-refractivity contribution in [1.29, 1.82) is 0 Å². The summed E-state index contributed by atoms with van der Waals surface area (Å²) >= 11 is 3.23. The van der Waals surface area contributed by atoms with Gasteiger partial charge in [-0.2, -0.15) is 0 Å². The Bertz CT molecular complexity index is 690. The Hall–Kier alpha value is -1.90. The monoisotopic (exact) mass is 382 g/mol. The van der Waals surface area contributed by atoms with Crippen LogP contribution in [0.2, 0.25) is 0 Å². The normalized spacial score (nSPS) is 17.7. The number of nitrogens with one attached hydrogen (secondary N) is 1. The number of aliphatic hydroxyl groups excluding tert-OH is 1. The Kier molecular flexibility index (Phi) is 4.65. The number of hydrogen-bond acceptors (Lipinski definition) is 6. The quantitative estimate of drug-likeness (QED) is 0.819. The zero-order valence-corrected chi connectivity index (χ0v) is 14.0. The summed E-state index contributed by atoms with van der Waals surface area (Å²) in [7, 11) is 0. The summed E-state index contributed by atoms with van der Waals surface area (Å²) < 4.78 is 14.7. The molecular weight excluding hydrogens is 367 g/mol. The summed E-state index contributed by atoms with van der Waals surface area (Å²) in [6, 6.07) is 4.81. The molecule has 2 aliphatic heterocycles. The van der Waals surface area contributed by atoms with E-state index in [4.69, 9.17) is 4.84 Å². The van der Waals surface area contributed by atoms with Gasteiger partial charge in [0.25, 0.3) is 0 Å². The van der Waals surface area contributed by atoms with Crippen LogP contribution in [0.5, 0.6) is 0 Å². The molecular formula is C15H16BrFN4O2. The van der Waals surface area contributed by atoms with Gasteiger partial charge in [-0.1, -0.05) is 15.9 Å². The second-order valence-corrected chi connectivity index (χ2v) is 6.14. The van der Waals surface area contributed by atoms with Crippen LogP contribution >= 0.6 is 15.9 Å². The van der Waals surface area contributed by atoms with Gasteiger partial charge in [-0.05, 0) is 25.1 Å². The molecule has 2 aliphatic rings. The molecule has 0 amide bonds. The number of fused-ring (bicyclic) bond motifs is 1. The lowest BCUT2D eigenvalue weighted by Gasteiger charge is -2.27. The molecule has 3 rings (SSSR count). The SMILES string of the molecule is C[C@H](O)CON1C=C2C=NC=C(Nc3ccc(Br)cc3F)N2C1. The number of hydroxylamine groups is 2. The van der Waals surface area contributed by atoms with Crippen molar-refractivity contribution >= 4 is 27.8 Å². The standard InChI is InChI=1S/C15H16BrFN4O2/c1-10(22)8-23-20-7-12-5-18-6-15(21(12)9-20)19-14-3-2-11(16)4-13(14)17/h2-7,10,19,22H,8-9H2,1H3/t10-/m0/s1. The number of halogens is 2. The first-order valence-electron chi connectivity index (χ1n) is 7.05. The number of aliphatic imine (C=N–C) groups is 1. The van der Waals surface area contributed by atoms with E-state index in [2.05, 4.69) is 26.2 Å². The number of aliphatic hydroxyl groups is 1. The van der Waals surface area contributed by atoms with Crippen LogP contribution in [0, 0.1) is 5.82 Å². The lowest BCUT2D eigenvalue weighted by atomic mass is 10.3. The van der Waals surface area contributed by atoms with Crippen LogP contribution in [-0.4, -0.2) is 40.7 Å². The Labute approximate surface area is 141 Å². The van der Waals surface area contributed by atoms with E-state index < -0.39 is 6.10 Å². The first kappa shape index (κ1) is 16.0. The van der Waals surface area contributed by atoms with E-state index in [1.165, 1.54) is 6.07 Å². The molecule has 0 saturated carbocycles. The van der Waals surface area contributed by atoms with Gasteiger partial charge in [0.05, 0.1) is 36.1 Å². The predicted molar refractivity (Wildman–Crippen MR) is 88.6 cm³/mol. The molecule has 0 unspecified atom stereocenters. The second kappa shape index (κ2) is 6.69. The van der Waals surface area contributed by atoms with Crippen molar-refractivity contribution in [3.05, 3.63) is 52.4 Å². The number of rotatable bonds is 5. The van der Waals surface area contributed by atoms with Gasteiger partial charge in [0, 0.05) is 4.47 Å². The molecule has 1 aromatic rings. The van der Waals surface area contributed by atoms with Crippen molar-refractivity contribution in [3.8, 4) is 0 Å². The number of benzene rings is 1. The fraction of sp³-hybridized carbons (Fsp3) is 0.267. The first-order valence-corrected chi connectivity index (χ1v) is 7.84. The third-order valence-electron chi connectivity index (χ3n) is 3.24. The first-order chi connectivity index (χ1) is 11.0. The number of anilines is 1. The van der Waals surface area contributed by atoms with Gasteiger partial charge in [0.2, 0.25) is 0 Å². The Balaban J connectivity index is 1.71. The third kappa shape index (κ3) is 3.72. The van der Waals surface area contributed by atoms with E-state index in [0.717, 1.165) is 5.70 Å². The van der Waals surface area contributed by atoms with Gasteiger partial charge >= 0.3 is 0 Å². The molecule has 0 spiro atoms. The minimum atomic E-state index is -0.551. The van der Waals surface area contributed by atoms with E-state index in [-0.39, 0.29) is 12.4 Å². The minimum Gasteiger partial charge on any atom is -0.391 e. The van der Waals surface area contributed by atoms with Gasteiger partial charge in [-0.15, -0.1) is 0 Å². The molecule has 2 heterocycles. The Morgan fingerprint density at radius 1 is 1.52 bits per heavy atom. The highest BCUT2D eigenvalue weighted by Crippen LogP contribution is 2.27. The van der Waals surface area contributed by atoms with Crippen LogP contribution in [-0.2, 0) is 4.84 Å². The van der Waals surface area contributed by atoms with E-state index in [1.807, 2.05) is 4.90 Å². The van der Waals surface area contributed by atoms with Crippen LogP contribution in [0.4, 0.5) is 10.1 Å². The summed E-state index contributed by atoms with van der Waals surface area (Å²) in [6.45, 7) is 2.27. The highest BCUT2D eigenvalue weighted by molar-refractivity contribution is 9.10. The highest BCUT2D eigenvalue weighted by atomic mass is 79.9. The van der Waals surface area contributed by atoms with Gasteiger partial charge in [-0.25, -0.2) is 9.45 Å². The van der Waals surface area contributed by atoms with Crippen molar-refractivity contribution in [2.75, 3.05) is 18.6 Å². The van der Waals surface area contributed by atoms with Crippen molar-refractivity contribution in [2.45, 2.75) is 13.0 Å². The lowest BCUT2D eigenvalue weighted by molar-refractivity contribution is -0.147. The maximum absolute atomic E-state index is 14.0. The number of nitrogens with zero attached hydrogens (tertiary/aromatic N) is 3. The maximum Gasteiger partial charge on any atom is 0.147 e. The van der Waals surface area contributed by atoms with E-state index in [9.17, 15) is 9.50 Å². The second-order valence-electron chi connectivity index (χ2n) is 5.23. The average molecular weight is 383 g/mol. The van der Waals surface area contributed by atoms with Crippen LogP contribution in [0.25, 0.3) is 0 Å². The summed E-state index contributed by atoms with van der Waals surface area (Å²) in [6.07, 6.45) is 4.54. The van der Waals surface area contributed by atoms with Crippen molar-refractivity contribution in [3.63, 3.8) is 0 Å². The van der Waals surface area contributed by atoms with Crippen molar-refractivity contribution in [1.82, 2.24) is 9.96 Å². The van der Waals surface area contributed by atoms with Crippen molar-refractivity contribution in [2.24, 2.45) is 4.99 Å².